The van der Waals surface area contributed by atoms with Crippen LogP contribution < -0.4 is 4.74 Å². The number of rotatable bonds is 8. The van der Waals surface area contributed by atoms with Gasteiger partial charge in [-0.1, -0.05) is 35.9 Å². The third-order valence-corrected chi connectivity index (χ3v) is 5.16. The van der Waals surface area contributed by atoms with Crippen LogP contribution in [0.4, 0.5) is 0 Å². The second kappa shape index (κ2) is 9.96. The van der Waals surface area contributed by atoms with Gasteiger partial charge in [0.1, 0.15) is 12.4 Å². The predicted octanol–water partition coefficient (Wildman–Crippen LogP) is 4.46. The highest BCUT2D eigenvalue weighted by atomic mass is 35.5. The van der Waals surface area contributed by atoms with Gasteiger partial charge < -0.3 is 19.5 Å². The van der Waals surface area contributed by atoms with Crippen LogP contribution in [0.25, 0.3) is 0 Å². The van der Waals surface area contributed by atoms with Crippen molar-refractivity contribution in [3.05, 3.63) is 64.7 Å². The van der Waals surface area contributed by atoms with Crippen molar-refractivity contribution >= 4 is 23.5 Å². The molecule has 160 valence electrons. The summed E-state index contributed by atoms with van der Waals surface area (Å²) >= 11 is 5.99. The van der Waals surface area contributed by atoms with E-state index in [1.165, 1.54) is 0 Å². The largest absolute Gasteiger partial charge is 0.491 e. The smallest absolute Gasteiger partial charge is 0.329 e. The molecular weight excluding hydrogens is 406 g/mol. The number of likely N-dealkylation sites (tertiary alicyclic amines) is 1. The lowest BCUT2D eigenvalue weighted by Crippen LogP contribution is -2.46. The summed E-state index contributed by atoms with van der Waals surface area (Å²) < 4.78 is 11.5. The number of carboxylic acids is 1. The molecule has 30 heavy (non-hydrogen) atoms. The van der Waals surface area contributed by atoms with Crippen molar-refractivity contribution in [2.24, 2.45) is 0 Å². The molecule has 2 atom stereocenters. The van der Waals surface area contributed by atoms with Gasteiger partial charge in [-0.25, -0.2) is 4.79 Å². The van der Waals surface area contributed by atoms with Gasteiger partial charge in [-0.2, -0.15) is 0 Å². The standard InChI is InChI=1S/C23H26ClNO5/c1-15(2)30-19-5-3-4-17(12-19)23-20(29-14-22(27)28)10-11-21(26)25(23)13-16-6-8-18(24)9-7-16/h3-9,12,15,20,23H,10-11,13-14H2,1-2H3,(H,27,28)/t20-,23+/m0/s1. The SMILES string of the molecule is CC(C)Oc1cccc([C@@H]2[C@@H](OCC(=O)O)CCC(=O)N2Cc2ccc(Cl)cc2)c1. The second-order valence-electron chi connectivity index (χ2n) is 7.61. The number of nitrogens with zero attached hydrogens (tertiary/aromatic N) is 1. The van der Waals surface area contributed by atoms with Crippen LogP contribution in [0, 0.1) is 0 Å². The zero-order chi connectivity index (χ0) is 21.7. The highest BCUT2D eigenvalue weighted by molar-refractivity contribution is 6.30. The Balaban J connectivity index is 1.95. The van der Waals surface area contributed by atoms with Gasteiger partial charge in [0, 0.05) is 18.0 Å². The lowest BCUT2D eigenvalue weighted by molar-refractivity contribution is -0.154. The monoisotopic (exact) mass is 431 g/mol. The Kier molecular flexibility index (Phi) is 7.34. The third kappa shape index (κ3) is 5.74. The van der Waals surface area contributed by atoms with E-state index in [4.69, 9.17) is 26.2 Å². The molecule has 0 aromatic heterocycles. The number of hydrogen-bond donors (Lipinski definition) is 1. The van der Waals surface area contributed by atoms with Crippen LogP contribution in [0.3, 0.4) is 0 Å². The Bertz CT molecular complexity index is 883. The van der Waals surface area contributed by atoms with Gasteiger partial charge in [0.2, 0.25) is 5.91 Å². The first kappa shape index (κ1) is 22.1. The molecule has 0 aliphatic carbocycles. The molecule has 0 bridgehead atoms. The Morgan fingerprint density at radius 2 is 1.97 bits per heavy atom. The van der Waals surface area contributed by atoms with Crippen molar-refractivity contribution in [3.63, 3.8) is 0 Å². The number of amides is 1. The van der Waals surface area contributed by atoms with Crippen LogP contribution in [0.15, 0.2) is 48.5 Å². The minimum Gasteiger partial charge on any atom is -0.491 e. The first-order chi connectivity index (χ1) is 14.3. The molecule has 1 aliphatic rings. The van der Waals surface area contributed by atoms with Gasteiger partial charge in [0.15, 0.2) is 0 Å². The molecule has 1 heterocycles. The maximum Gasteiger partial charge on any atom is 0.329 e. The van der Waals surface area contributed by atoms with Gasteiger partial charge in [-0.15, -0.1) is 0 Å². The number of piperidine rings is 1. The van der Waals surface area contributed by atoms with Gasteiger partial charge in [-0.05, 0) is 55.7 Å². The van der Waals surface area contributed by atoms with E-state index in [9.17, 15) is 9.59 Å². The minimum absolute atomic E-state index is 0.000283. The number of halogens is 1. The third-order valence-electron chi connectivity index (χ3n) is 4.91. The summed E-state index contributed by atoms with van der Waals surface area (Å²) in [5.41, 5.74) is 1.79. The van der Waals surface area contributed by atoms with Crippen LogP contribution in [0.2, 0.25) is 5.02 Å². The molecule has 0 saturated carbocycles. The molecule has 0 unspecified atom stereocenters. The molecule has 2 aromatic rings. The number of carbonyl (C=O) groups is 2. The highest BCUT2D eigenvalue weighted by Gasteiger charge is 2.38. The van der Waals surface area contributed by atoms with Crippen molar-refractivity contribution in [3.8, 4) is 5.75 Å². The number of ether oxygens (including phenoxy) is 2. The number of aliphatic carboxylic acids is 1. The van der Waals surface area contributed by atoms with Crippen molar-refractivity contribution < 1.29 is 24.2 Å². The first-order valence-corrected chi connectivity index (χ1v) is 10.3. The average molecular weight is 432 g/mol. The second-order valence-corrected chi connectivity index (χ2v) is 8.05. The molecule has 3 rings (SSSR count). The van der Waals surface area contributed by atoms with E-state index >= 15 is 0 Å². The van der Waals surface area contributed by atoms with E-state index in [0.29, 0.717) is 30.2 Å². The van der Waals surface area contributed by atoms with E-state index in [-0.39, 0.29) is 12.0 Å². The summed E-state index contributed by atoms with van der Waals surface area (Å²) in [6, 6.07) is 14.5. The van der Waals surface area contributed by atoms with Crippen LogP contribution in [-0.2, 0) is 20.9 Å². The van der Waals surface area contributed by atoms with E-state index in [0.717, 1.165) is 11.1 Å². The summed E-state index contributed by atoms with van der Waals surface area (Å²) in [7, 11) is 0. The maximum atomic E-state index is 12.9. The molecule has 7 heteroatoms. The van der Waals surface area contributed by atoms with E-state index in [1.807, 2.05) is 50.2 Å². The number of hydrogen-bond acceptors (Lipinski definition) is 4. The summed E-state index contributed by atoms with van der Waals surface area (Å²) in [6.45, 7) is 3.86. The lowest BCUT2D eigenvalue weighted by Gasteiger charge is -2.41. The van der Waals surface area contributed by atoms with Crippen LogP contribution in [0.1, 0.15) is 43.9 Å². The first-order valence-electron chi connectivity index (χ1n) is 9.97. The van der Waals surface area contributed by atoms with Crippen molar-refractivity contribution in [2.75, 3.05) is 6.61 Å². The Labute approximate surface area is 181 Å². The molecule has 1 aliphatic heterocycles. The summed E-state index contributed by atoms with van der Waals surface area (Å²) in [5.74, 6) is -0.337. The molecule has 6 nitrogen and oxygen atoms in total. The summed E-state index contributed by atoms with van der Waals surface area (Å²) in [6.07, 6.45) is 0.345. The number of carboxylic acid groups (broad SMARTS) is 1. The summed E-state index contributed by atoms with van der Waals surface area (Å²) in [5, 5.41) is 9.71. The molecule has 1 saturated heterocycles. The Hall–Kier alpha value is -2.57. The van der Waals surface area contributed by atoms with Crippen molar-refractivity contribution in [1.29, 1.82) is 0 Å². The summed E-state index contributed by atoms with van der Waals surface area (Å²) in [4.78, 5) is 25.7. The van der Waals surface area contributed by atoms with Crippen LogP contribution >= 0.6 is 11.6 Å². The van der Waals surface area contributed by atoms with Gasteiger partial charge >= 0.3 is 5.97 Å². The molecule has 2 aromatic carbocycles. The van der Waals surface area contributed by atoms with E-state index in [1.54, 1.807) is 17.0 Å². The number of carbonyl (C=O) groups excluding carboxylic acids is 1. The van der Waals surface area contributed by atoms with Gasteiger partial charge in [-0.3, -0.25) is 4.79 Å². The molecule has 0 radical (unpaired) electrons. The number of benzene rings is 2. The average Bonchev–Trinajstić information content (AvgIpc) is 2.69. The molecule has 1 amide bonds. The molecular formula is C23H26ClNO5. The Morgan fingerprint density at radius 1 is 1.23 bits per heavy atom. The maximum absolute atomic E-state index is 12.9. The van der Waals surface area contributed by atoms with Crippen molar-refractivity contribution in [2.45, 2.75) is 51.5 Å². The Morgan fingerprint density at radius 3 is 2.63 bits per heavy atom. The normalized spacial score (nSPS) is 19.2. The highest BCUT2D eigenvalue weighted by Crippen LogP contribution is 2.36. The minimum atomic E-state index is -1.04. The van der Waals surface area contributed by atoms with Gasteiger partial charge in [0.05, 0.1) is 18.2 Å². The van der Waals surface area contributed by atoms with Crippen LogP contribution in [0.5, 0.6) is 5.75 Å². The van der Waals surface area contributed by atoms with Gasteiger partial charge in [0.25, 0.3) is 0 Å². The van der Waals surface area contributed by atoms with Crippen molar-refractivity contribution in [1.82, 2.24) is 4.90 Å². The lowest BCUT2D eigenvalue weighted by atomic mass is 9.91. The fourth-order valence-electron chi connectivity index (χ4n) is 3.69. The van der Waals surface area contributed by atoms with E-state index in [2.05, 4.69) is 0 Å². The topological polar surface area (TPSA) is 76.1 Å². The fraction of sp³-hybridized carbons (Fsp3) is 0.391. The van der Waals surface area contributed by atoms with E-state index < -0.39 is 24.7 Å². The quantitative estimate of drug-likeness (QED) is 0.667. The molecule has 1 N–H and O–H groups in total. The molecule has 1 fully saturated rings. The van der Waals surface area contributed by atoms with Crippen LogP contribution in [-0.4, -0.2) is 40.7 Å². The zero-order valence-electron chi connectivity index (χ0n) is 17.1. The fourth-order valence-corrected chi connectivity index (χ4v) is 3.81. The zero-order valence-corrected chi connectivity index (χ0v) is 17.8. The predicted molar refractivity (Wildman–Crippen MR) is 114 cm³/mol. The molecule has 0 spiro atoms.